The van der Waals surface area contributed by atoms with E-state index in [2.05, 4.69) is 65.3 Å². The van der Waals surface area contributed by atoms with Crippen LogP contribution in [0.4, 0.5) is 0 Å². The van der Waals surface area contributed by atoms with Gasteiger partial charge in [0.1, 0.15) is 5.76 Å². The first-order valence-corrected chi connectivity index (χ1v) is 13.2. The summed E-state index contributed by atoms with van der Waals surface area (Å²) in [5.74, 6) is 0.558. The third-order valence-electron chi connectivity index (χ3n) is 7.11. The Hall–Kier alpha value is -2.37. The highest BCUT2D eigenvalue weighted by Crippen LogP contribution is 2.39. The molecule has 6 heteroatoms. The minimum atomic E-state index is -0.387. The molecule has 0 aromatic carbocycles. The second-order valence-corrected chi connectivity index (χ2v) is 12.1. The van der Waals surface area contributed by atoms with Gasteiger partial charge in [0.25, 0.3) is 0 Å². The second-order valence-electron chi connectivity index (χ2n) is 12.1. The average Bonchev–Trinajstić information content (AvgIpc) is 3.04. The van der Waals surface area contributed by atoms with Gasteiger partial charge in [-0.15, -0.1) is 0 Å². The zero-order chi connectivity index (χ0) is 26.3. The van der Waals surface area contributed by atoms with Crippen LogP contribution in [-0.2, 0) is 19.1 Å². The first-order valence-electron chi connectivity index (χ1n) is 13.2. The molecule has 1 aliphatic heterocycles. The van der Waals surface area contributed by atoms with Crippen molar-refractivity contribution in [3.63, 3.8) is 0 Å². The van der Waals surface area contributed by atoms with Gasteiger partial charge in [-0.1, -0.05) is 54.7 Å². The van der Waals surface area contributed by atoms with E-state index in [-0.39, 0.29) is 41.6 Å². The average molecular weight is 487 g/mol. The van der Waals surface area contributed by atoms with E-state index < -0.39 is 0 Å². The third-order valence-corrected chi connectivity index (χ3v) is 7.11. The summed E-state index contributed by atoms with van der Waals surface area (Å²) < 4.78 is 5.98. The highest BCUT2D eigenvalue weighted by molar-refractivity contribution is 6.05. The molecule has 1 saturated heterocycles. The maximum atomic E-state index is 12.6. The van der Waals surface area contributed by atoms with E-state index in [9.17, 15) is 14.4 Å². The summed E-state index contributed by atoms with van der Waals surface area (Å²) in [7, 11) is 0. The molecular weight excluding hydrogens is 440 g/mol. The molecule has 0 radical (unpaired) electrons. The number of ether oxygens (including phenoxy) is 1. The Morgan fingerprint density at radius 2 is 1.54 bits per heavy atom. The minimum Gasteiger partial charge on any atom is -0.491 e. The molecule has 3 unspecified atom stereocenters. The Morgan fingerprint density at radius 3 is 2.11 bits per heavy atom. The van der Waals surface area contributed by atoms with Crippen LogP contribution in [0.15, 0.2) is 36.8 Å². The van der Waals surface area contributed by atoms with E-state index in [1.54, 1.807) is 12.2 Å². The Kier molecular flexibility index (Phi) is 10.3. The van der Waals surface area contributed by atoms with Gasteiger partial charge in [0, 0.05) is 11.6 Å². The molecule has 35 heavy (non-hydrogen) atoms. The van der Waals surface area contributed by atoms with Crippen molar-refractivity contribution in [3.8, 4) is 0 Å². The van der Waals surface area contributed by atoms with Gasteiger partial charge in [-0.25, -0.2) is 0 Å². The molecule has 0 bridgehead atoms. The molecule has 2 aliphatic carbocycles. The molecule has 2 saturated carbocycles. The van der Waals surface area contributed by atoms with Crippen LogP contribution in [0.1, 0.15) is 86.5 Å². The molecule has 1 heterocycles. The van der Waals surface area contributed by atoms with Crippen LogP contribution in [0.3, 0.4) is 0 Å². The molecule has 0 aromatic heterocycles. The lowest BCUT2D eigenvalue weighted by molar-refractivity contribution is -0.129. The van der Waals surface area contributed by atoms with E-state index in [4.69, 9.17) is 4.74 Å². The number of allylic oxidation sites excluding steroid dienone is 2. The number of hydrogen-bond donors (Lipinski definition) is 2. The molecule has 0 aromatic rings. The number of carbonyl (C=O) groups is 3. The van der Waals surface area contributed by atoms with Crippen LogP contribution >= 0.6 is 0 Å². The number of fused-ring (bicyclic) bond motifs is 1. The zero-order valence-electron chi connectivity index (χ0n) is 22.6. The van der Waals surface area contributed by atoms with Crippen molar-refractivity contribution >= 4 is 17.7 Å². The molecule has 3 atom stereocenters. The van der Waals surface area contributed by atoms with Crippen molar-refractivity contribution < 1.29 is 19.1 Å². The molecule has 196 valence electrons. The number of hydrogen-bond acceptors (Lipinski definition) is 4. The van der Waals surface area contributed by atoms with Crippen LogP contribution in [0, 0.1) is 35.0 Å². The van der Waals surface area contributed by atoms with Crippen molar-refractivity contribution in [2.45, 2.75) is 92.6 Å². The quantitative estimate of drug-likeness (QED) is 0.288. The Morgan fingerprint density at radius 1 is 0.971 bits per heavy atom. The predicted octanol–water partition coefficient (Wildman–Crippen LogP) is 5.66. The summed E-state index contributed by atoms with van der Waals surface area (Å²) in [6.45, 7) is 21.3. The van der Waals surface area contributed by atoms with Crippen molar-refractivity contribution in [2.24, 2.45) is 35.0 Å². The topological polar surface area (TPSA) is 84.5 Å². The van der Waals surface area contributed by atoms with Gasteiger partial charge in [0.05, 0.1) is 17.9 Å². The Labute approximate surface area is 212 Å². The Bertz CT molecular complexity index is 825. The monoisotopic (exact) mass is 486 g/mol. The van der Waals surface area contributed by atoms with Crippen LogP contribution in [0.2, 0.25) is 0 Å². The standard InChI is InChI=1S/C25H36N2O4.C4H10/c1-15(6-7-16(2)31-19-11-9-18(10-12-19)25(3,4)5)26-22(28)17-8-13-20-21(14-17)24(30)27-23(20)29;1-4(2)3/h6-7,17-21H,1-2,8-14H2,3-5H3,(H,26,28)(H,27,29,30);4H,1-3H3/b7-6-;. The highest BCUT2D eigenvalue weighted by Gasteiger charge is 2.46. The summed E-state index contributed by atoms with van der Waals surface area (Å²) in [4.78, 5) is 36.2. The van der Waals surface area contributed by atoms with E-state index in [0.717, 1.165) is 24.7 Å². The van der Waals surface area contributed by atoms with E-state index in [0.29, 0.717) is 36.1 Å². The van der Waals surface area contributed by atoms with Gasteiger partial charge < -0.3 is 10.1 Å². The smallest absolute Gasteiger partial charge is 0.230 e. The molecule has 6 nitrogen and oxygen atoms in total. The molecule has 3 amide bonds. The summed E-state index contributed by atoms with van der Waals surface area (Å²) in [6.07, 6.45) is 9.58. The van der Waals surface area contributed by atoms with Crippen molar-refractivity contribution in [3.05, 3.63) is 36.8 Å². The van der Waals surface area contributed by atoms with Gasteiger partial charge in [-0.05, 0) is 74.3 Å². The third kappa shape index (κ3) is 8.97. The van der Waals surface area contributed by atoms with Crippen LogP contribution < -0.4 is 10.6 Å². The fourth-order valence-corrected chi connectivity index (χ4v) is 5.11. The number of imide groups is 1. The normalized spacial score (nSPS) is 28.6. The molecule has 3 fully saturated rings. The molecular formula is C29H46N2O4. The first kappa shape index (κ1) is 28.9. The minimum absolute atomic E-state index is 0.160. The molecule has 2 N–H and O–H groups in total. The second kappa shape index (κ2) is 12.5. The first-order chi connectivity index (χ1) is 16.3. The summed E-state index contributed by atoms with van der Waals surface area (Å²) in [6, 6.07) is 0. The van der Waals surface area contributed by atoms with Gasteiger partial charge in [-0.3, -0.25) is 19.7 Å². The molecule has 3 aliphatic rings. The summed E-state index contributed by atoms with van der Waals surface area (Å²) in [5.41, 5.74) is 0.800. The number of carbonyl (C=O) groups excluding carboxylic acids is 3. The lowest BCUT2D eigenvalue weighted by Gasteiger charge is -2.37. The number of amides is 3. The van der Waals surface area contributed by atoms with Crippen molar-refractivity contribution in [2.75, 3.05) is 0 Å². The number of rotatable bonds is 6. The fourth-order valence-electron chi connectivity index (χ4n) is 5.11. The number of nitrogens with one attached hydrogen (secondary N) is 2. The lowest BCUT2D eigenvalue weighted by Crippen LogP contribution is -2.36. The Balaban J connectivity index is 0.00000100. The van der Waals surface area contributed by atoms with Gasteiger partial charge in [-0.2, -0.15) is 0 Å². The maximum Gasteiger partial charge on any atom is 0.230 e. The SMILES string of the molecule is C=C(/C=C\C(=C)OC1CCC(C(C)(C)C)CC1)NC(=O)C1CCC2C(=O)NC(=O)C2C1.CC(C)C. The van der Waals surface area contributed by atoms with Gasteiger partial charge in [0.15, 0.2) is 0 Å². The van der Waals surface area contributed by atoms with E-state index in [1.807, 2.05) is 0 Å². The van der Waals surface area contributed by atoms with E-state index in [1.165, 1.54) is 12.8 Å². The largest absolute Gasteiger partial charge is 0.491 e. The van der Waals surface area contributed by atoms with Gasteiger partial charge in [0.2, 0.25) is 17.7 Å². The molecule has 3 rings (SSSR count). The van der Waals surface area contributed by atoms with Crippen LogP contribution in [0.25, 0.3) is 0 Å². The van der Waals surface area contributed by atoms with Crippen LogP contribution in [0.5, 0.6) is 0 Å². The van der Waals surface area contributed by atoms with Gasteiger partial charge >= 0.3 is 0 Å². The van der Waals surface area contributed by atoms with Crippen molar-refractivity contribution in [1.82, 2.24) is 10.6 Å². The summed E-state index contributed by atoms with van der Waals surface area (Å²) >= 11 is 0. The van der Waals surface area contributed by atoms with Crippen LogP contribution in [-0.4, -0.2) is 23.8 Å². The molecule has 0 spiro atoms. The van der Waals surface area contributed by atoms with Crippen molar-refractivity contribution in [1.29, 1.82) is 0 Å². The summed E-state index contributed by atoms with van der Waals surface area (Å²) in [5, 5.41) is 5.18. The fraction of sp³-hybridized carbons (Fsp3) is 0.690. The maximum absolute atomic E-state index is 12.6. The lowest BCUT2D eigenvalue weighted by atomic mass is 9.72. The predicted molar refractivity (Wildman–Crippen MR) is 140 cm³/mol. The highest BCUT2D eigenvalue weighted by atomic mass is 16.5. The van der Waals surface area contributed by atoms with E-state index >= 15 is 0 Å². The zero-order valence-corrected chi connectivity index (χ0v) is 22.6.